The summed E-state index contributed by atoms with van der Waals surface area (Å²) in [5, 5.41) is 2.75. The number of amides is 1. The van der Waals surface area contributed by atoms with Crippen molar-refractivity contribution >= 4 is 25.8 Å². The molecule has 6 rings (SSSR count). The fourth-order valence-corrected chi connectivity index (χ4v) is 12.4. The highest BCUT2D eigenvalue weighted by Crippen LogP contribution is 2.53. The molecule has 0 bridgehead atoms. The average molecular weight is 668 g/mol. The standard InChI is InChI=1S/C38H37NO6S2/c1-2-28-25-38(46(41,42)30-16-5-3-6-17-30,47(43,44)31-18-7-4-8-19-31)26-29(28)15-13-14-24-39-37(40)45-27-36-34-22-11-9-20-32(34)33-21-10-12-23-35(33)36/h2-14,16-23,28-29,36H,1,15,24-27H2,(H,39,40)/b14-13+/t28-,29-/m0/s1. The molecule has 2 aliphatic carbocycles. The molecule has 2 aliphatic rings. The number of allylic oxidation sites excluding steroid dienone is 2. The van der Waals surface area contributed by atoms with E-state index >= 15 is 0 Å². The van der Waals surface area contributed by atoms with Crippen LogP contribution >= 0.6 is 0 Å². The van der Waals surface area contributed by atoms with Crippen molar-refractivity contribution in [3.8, 4) is 11.1 Å². The van der Waals surface area contributed by atoms with E-state index in [0.29, 0.717) is 6.42 Å². The number of alkyl carbamates (subject to hydrolysis) is 1. The summed E-state index contributed by atoms with van der Waals surface area (Å²) in [6.45, 7) is 4.34. The van der Waals surface area contributed by atoms with E-state index in [1.807, 2.05) is 30.3 Å². The van der Waals surface area contributed by atoms with E-state index in [9.17, 15) is 21.6 Å². The molecular weight excluding hydrogens is 631 g/mol. The van der Waals surface area contributed by atoms with Crippen LogP contribution in [-0.4, -0.2) is 40.2 Å². The molecule has 2 atom stereocenters. The van der Waals surface area contributed by atoms with Gasteiger partial charge in [-0.1, -0.05) is 103 Å². The second kappa shape index (κ2) is 13.3. The molecular formula is C38H37NO6S2. The van der Waals surface area contributed by atoms with Gasteiger partial charge in [0, 0.05) is 12.5 Å². The third kappa shape index (κ3) is 5.94. The van der Waals surface area contributed by atoms with Crippen LogP contribution in [0.4, 0.5) is 4.79 Å². The summed E-state index contributed by atoms with van der Waals surface area (Å²) in [5.74, 6) is -0.691. The molecule has 1 saturated carbocycles. The molecule has 1 fully saturated rings. The Bertz CT molecular complexity index is 1890. The lowest BCUT2D eigenvalue weighted by atomic mass is 9.93. The van der Waals surface area contributed by atoms with Crippen LogP contribution < -0.4 is 5.32 Å². The zero-order chi connectivity index (χ0) is 33.1. The summed E-state index contributed by atoms with van der Waals surface area (Å²) in [7, 11) is -8.63. The summed E-state index contributed by atoms with van der Waals surface area (Å²) in [5.41, 5.74) is 4.58. The lowest BCUT2D eigenvalue weighted by molar-refractivity contribution is 0.144. The Morgan fingerprint density at radius 2 is 1.26 bits per heavy atom. The van der Waals surface area contributed by atoms with Crippen molar-refractivity contribution in [2.24, 2.45) is 11.8 Å². The third-order valence-electron chi connectivity index (χ3n) is 9.43. The number of carbonyl (C=O) groups excluding carboxylic acids is 1. The van der Waals surface area contributed by atoms with Gasteiger partial charge in [0.15, 0.2) is 23.8 Å². The molecule has 0 saturated heterocycles. The molecule has 1 amide bonds. The summed E-state index contributed by atoms with van der Waals surface area (Å²) < 4.78 is 60.5. The largest absolute Gasteiger partial charge is 0.449 e. The molecule has 0 heterocycles. The molecule has 1 N–H and O–H groups in total. The molecule has 9 heteroatoms. The van der Waals surface area contributed by atoms with Crippen LogP contribution in [0, 0.1) is 11.8 Å². The Balaban J connectivity index is 1.12. The monoisotopic (exact) mass is 667 g/mol. The van der Waals surface area contributed by atoms with Crippen LogP contribution in [0.2, 0.25) is 0 Å². The van der Waals surface area contributed by atoms with Crippen molar-refractivity contribution < 1.29 is 26.4 Å². The van der Waals surface area contributed by atoms with E-state index < -0.39 is 29.8 Å². The van der Waals surface area contributed by atoms with Crippen molar-refractivity contribution in [2.75, 3.05) is 13.2 Å². The Labute approximate surface area is 276 Å². The maximum atomic E-state index is 14.2. The average Bonchev–Trinajstić information content (AvgIpc) is 3.65. The van der Waals surface area contributed by atoms with Gasteiger partial charge in [0.05, 0.1) is 9.79 Å². The Kier molecular flexibility index (Phi) is 9.21. The van der Waals surface area contributed by atoms with Crippen molar-refractivity contribution in [1.29, 1.82) is 0 Å². The van der Waals surface area contributed by atoms with Gasteiger partial charge in [-0.2, -0.15) is 0 Å². The van der Waals surface area contributed by atoms with Crippen LogP contribution in [-0.2, 0) is 24.4 Å². The molecule has 0 aromatic heterocycles. The Morgan fingerprint density at radius 1 is 0.745 bits per heavy atom. The Morgan fingerprint density at radius 3 is 1.79 bits per heavy atom. The van der Waals surface area contributed by atoms with Gasteiger partial charge in [0.2, 0.25) is 0 Å². The fourth-order valence-electron chi connectivity index (χ4n) is 7.05. The molecule has 7 nitrogen and oxygen atoms in total. The highest BCUT2D eigenvalue weighted by atomic mass is 32.3. The first kappa shape index (κ1) is 32.5. The van der Waals surface area contributed by atoms with E-state index in [1.54, 1.807) is 48.6 Å². The highest BCUT2D eigenvalue weighted by molar-refractivity contribution is 8.10. The van der Waals surface area contributed by atoms with Crippen molar-refractivity contribution in [3.63, 3.8) is 0 Å². The number of fused-ring (bicyclic) bond motifs is 3. The summed E-state index contributed by atoms with van der Waals surface area (Å²) in [4.78, 5) is 12.6. The summed E-state index contributed by atoms with van der Waals surface area (Å²) >= 11 is 0. The quantitative estimate of drug-likeness (QED) is 0.168. The maximum absolute atomic E-state index is 14.2. The number of nitrogens with one attached hydrogen (secondary N) is 1. The van der Waals surface area contributed by atoms with Gasteiger partial charge in [-0.05, 0) is 77.6 Å². The van der Waals surface area contributed by atoms with Crippen LogP contribution in [0.1, 0.15) is 36.3 Å². The van der Waals surface area contributed by atoms with Gasteiger partial charge in [0.1, 0.15) is 6.61 Å². The van der Waals surface area contributed by atoms with Crippen molar-refractivity contribution in [2.45, 2.75) is 39.1 Å². The van der Waals surface area contributed by atoms with Gasteiger partial charge >= 0.3 is 6.09 Å². The van der Waals surface area contributed by atoms with Crippen LogP contribution in [0.3, 0.4) is 0 Å². The number of benzene rings is 4. The van der Waals surface area contributed by atoms with E-state index in [-0.39, 0.29) is 53.5 Å². The van der Waals surface area contributed by atoms with Crippen molar-refractivity contribution in [3.05, 3.63) is 145 Å². The first-order valence-corrected chi connectivity index (χ1v) is 18.6. The van der Waals surface area contributed by atoms with E-state index in [1.165, 1.54) is 24.3 Å². The van der Waals surface area contributed by atoms with E-state index in [4.69, 9.17) is 4.74 Å². The highest BCUT2D eigenvalue weighted by Gasteiger charge is 2.61. The predicted octanol–water partition coefficient (Wildman–Crippen LogP) is 7.33. The zero-order valence-electron chi connectivity index (χ0n) is 25.9. The number of hydrogen-bond acceptors (Lipinski definition) is 6. The minimum absolute atomic E-state index is 0.0224. The number of ether oxygens (including phenoxy) is 1. The van der Waals surface area contributed by atoms with E-state index in [0.717, 1.165) is 22.3 Å². The SMILES string of the molecule is C=C[C@H]1CC(S(=O)(=O)c2ccccc2)(S(=O)(=O)c2ccccc2)C[C@@H]1C/C=C/CNC(=O)OCC1c2ccccc2-c2ccccc21. The number of rotatable bonds is 11. The zero-order valence-corrected chi connectivity index (χ0v) is 27.5. The van der Waals surface area contributed by atoms with E-state index in [2.05, 4.69) is 36.2 Å². The molecule has 0 spiro atoms. The van der Waals surface area contributed by atoms with Crippen LogP contribution in [0.5, 0.6) is 0 Å². The lowest BCUT2D eigenvalue weighted by Crippen LogP contribution is -2.44. The number of hydrogen-bond donors (Lipinski definition) is 1. The van der Waals surface area contributed by atoms with Crippen LogP contribution in [0.25, 0.3) is 11.1 Å². The minimum atomic E-state index is -4.31. The molecule has 0 aliphatic heterocycles. The number of carbonyl (C=O) groups is 1. The maximum Gasteiger partial charge on any atom is 0.407 e. The molecule has 4 aromatic rings. The second-order valence-corrected chi connectivity index (χ2v) is 16.8. The van der Waals surface area contributed by atoms with Crippen LogP contribution in [0.15, 0.2) is 144 Å². The van der Waals surface area contributed by atoms with Crippen molar-refractivity contribution in [1.82, 2.24) is 5.32 Å². The number of sulfone groups is 2. The summed E-state index contributed by atoms with van der Waals surface area (Å²) in [6.07, 6.45) is 4.99. The molecule has 242 valence electrons. The second-order valence-electron chi connectivity index (χ2n) is 12.0. The fraction of sp³-hybridized carbons (Fsp3) is 0.237. The van der Waals surface area contributed by atoms with Gasteiger partial charge < -0.3 is 10.1 Å². The molecule has 47 heavy (non-hydrogen) atoms. The molecule has 0 radical (unpaired) electrons. The predicted molar refractivity (Wildman–Crippen MR) is 183 cm³/mol. The first-order chi connectivity index (χ1) is 22.7. The van der Waals surface area contributed by atoms with Gasteiger partial charge in [0.25, 0.3) is 0 Å². The lowest BCUT2D eigenvalue weighted by Gasteiger charge is -2.29. The topological polar surface area (TPSA) is 107 Å². The molecule has 0 unspecified atom stereocenters. The molecule has 4 aromatic carbocycles. The van der Waals surface area contributed by atoms with Gasteiger partial charge in [-0.15, -0.1) is 6.58 Å². The Hall–Kier alpha value is -4.47. The first-order valence-electron chi connectivity index (χ1n) is 15.7. The summed E-state index contributed by atoms with van der Waals surface area (Å²) in [6, 6.07) is 31.8. The van der Waals surface area contributed by atoms with Gasteiger partial charge in [-0.25, -0.2) is 21.6 Å². The minimum Gasteiger partial charge on any atom is -0.449 e. The van der Waals surface area contributed by atoms with Gasteiger partial charge in [-0.3, -0.25) is 0 Å². The smallest absolute Gasteiger partial charge is 0.407 e. The normalized spacial score (nSPS) is 18.8. The third-order valence-corrected chi connectivity index (χ3v) is 15.2.